The third kappa shape index (κ3) is 2.00. The molecule has 2 heterocycles. The zero-order valence-electron chi connectivity index (χ0n) is 9.74. The first-order valence-corrected chi connectivity index (χ1v) is 5.86. The number of hydrogen-bond acceptors (Lipinski definition) is 4. The van der Waals surface area contributed by atoms with Gasteiger partial charge in [0.25, 0.3) is 5.56 Å². The van der Waals surface area contributed by atoms with E-state index in [2.05, 4.69) is 22.1 Å². The van der Waals surface area contributed by atoms with Crippen LogP contribution in [0.15, 0.2) is 47.5 Å². The van der Waals surface area contributed by atoms with Crippen LogP contribution in [0, 0.1) is 0 Å². The van der Waals surface area contributed by atoms with Crippen molar-refractivity contribution in [3.8, 4) is 0 Å². The number of nitrogens with one attached hydrogen (secondary N) is 1. The predicted molar refractivity (Wildman–Crippen MR) is 67.1 cm³/mol. The Labute approximate surface area is 104 Å². The Kier molecular flexibility index (Phi) is 2.82. The van der Waals surface area contributed by atoms with Crippen molar-refractivity contribution in [2.75, 3.05) is 11.7 Å². The fraction of sp³-hybridized carbons (Fsp3) is 0.231. The molecule has 5 heteroatoms. The van der Waals surface area contributed by atoms with E-state index >= 15 is 0 Å². The van der Waals surface area contributed by atoms with Crippen LogP contribution in [0.2, 0.25) is 0 Å². The van der Waals surface area contributed by atoms with Gasteiger partial charge in [-0.05, 0) is 5.56 Å². The lowest BCUT2D eigenvalue weighted by atomic mass is 10.0. The van der Waals surface area contributed by atoms with Gasteiger partial charge in [0.1, 0.15) is 0 Å². The molecule has 1 atom stereocenters. The maximum atomic E-state index is 11.3. The van der Waals surface area contributed by atoms with Gasteiger partial charge >= 0.3 is 0 Å². The summed E-state index contributed by atoms with van der Waals surface area (Å²) in [5, 5.41) is 1.71. The highest BCUT2D eigenvalue weighted by Gasteiger charge is 2.28. The van der Waals surface area contributed by atoms with E-state index in [0.717, 1.165) is 12.0 Å². The van der Waals surface area contributed by atoms with E-state index in [-0.39, 0.29) is 11.6 Å². The summed E-state index contributed by atoms with van der Waals surface area (Å²) < 4.78 is 0. The van der Waals surface area contributed by atoms with Crippen molar-refractivity contribution >= 4 is 5.82 Å². The number of rotatable bonds is 2. The Balaban J connectivity index is 1.95. The minimum absolute atomic E-state index is 0.112. The molecule has 5 nitrogen and oxygen atoms in total. The summed E-state index contributed by atoms with van der Waals surface area (Å²) in [4.78, 5) is 23.5. The van der Waals surface area contributed by atoms with Crippen molar-refractivity contribution in [1.82, 2.24) is 9.97 Å². The molecule has 92 valence electrons. The lowest BCUT2D eigenvalue weighted by Crippen LogP contribution is -2.24. The van der Waals surface area contributed by atoms with Crippen LogP contribution in [0.3, 0.4) is 0 Å². The second-order valence-electron chi connectivity index (χ2n) is 4.14. The highest BCUT2D eigenvalue weighted by Crippen LogP contribution is 2.32. The topological polar surface area (TPSA) is 58.2 Å². The molecule has 1 aliphatic rings. The summed E-state index contributed by atoms with van der Waals surface area (Å²) >= 11 is 0. The molecule has 1 aromatic carbocycles. The molecule has 0 bridgehead atoms. The minimum Gasteiger partial charge on any atom is -0.313 e. The molecule has 0 radical (unpaired) electrons. The van der Waals surface area contributed by atoms with Crippen molar-refractivity contribution in [2.45, 2.75) is 12.5 Å². The van der Waals surface area contributed by atoms with Gasteiger partial charge in [0.15, 0.2) is 5.82 Å². The molecule has 3 rings (SSSR count). The second kappa shape index (κ2) is 4.62. The lowest BCUT2D eigenvalue weighted by molar-refractivity contribution is 0.156. The van der Waals surface area contributed by atoms with Crippen LogP contribution in [0.4, 0.5) is 5.82 Å². The van der Waals surface area contributed by atoms with Gasteiger partial charge in [-0.15, -0.1) is 0 Å². The van der Waals surface area contributed by atoms with Crippen LogP contribution in [-0.2, 0) is 4.84 Å². The van der Waals surface area contributed by atoms with Crippen LogP contribution in [0.1, 0.15) is 18.0 Å². The minimum atomic E-state index is -0.178. The van der Waals surface area contributed by atoms with Gasteiger partial charge in [-0.1, -0.05) is 30.3 Å². The van der Waals surface area contributed by atoms with Crippen molar-refractivity contribution in [3.63, 3.8) is 0 Å². The average molecular weight is 243 g/mol. The zero-order valence-corrected chi connectivity index (χ0v) is 9.74. The molecule has 1 aliphatic heterocycles. The van der Waals surface area contributed by atoms with E-state index in [1.807, 2.05) is 18.2 Å². The van der Waals surface area contributed by atoms with Gasteiger partial charge in [-0.25, -0.2) is 10.0 Å². The Hall–Kier alpha value is -2.14. The highest BCUT2D eigenvalue weighted by molar-refractivity contribution is 5.39. The Bertz CT molecular complexity index is 582. The third-order valence-corrected chi connectivity index (χ3v) is 2.98. The monoisotopic (exact) mass is 243 g/mol. The first kappa shape index (κ1) is 11.0. The summed E-state index contributed by atoms with van der Waals surface area (Å²) in [6.45, 7) is 0.633. The summed E-state index contributed by atoms with van der Waals surface area (Å²) in [5.41, 5.74) is 0.986. The maximum Gasteiger partial charge on any atom is 0.252 e. The number of hydrogen-bond donors (Lipinski definition) is 1. The Morgan fingerprint density at radius 3 is 2.94 bits per heavy atom. The molecule has 0 unspecified atom stereocenters. The molecule has 2 aromatic rings. The molecule has 0 spiro atoms. The first-order chi connectivity index (χ1) is 8.84. The molecule has 1 saturated heterocycles. The Morgan fingerprint density at radius 2 is 2.17 bits per heavy atom. The number of anilines is 1. The summed E-state index contributed by atoms with van der Waals surface area (Å²) in [7, 11) is 0. The predicted octanol–water partition coefficient (Wildman–Crippen LogP) is 1.65. The summed E-state index contributed by atoms with van der Waals surface area (Å²) in [5.74, 6) is 0.546. The summed E-state index contributed by atoms with van der Waals surface area (Å²) in [6, 6.07) is 11.6. The normalized spacial score (nSPS) is 19.1. The summed E-state index contributed by atoms with van der Waals surface area (Å²) in [6.07, 6.45) is 2.28. The average Bonchev–Trinajstić information content (AvgIpc) is 2.89. The van der Waals surface area contributed by atoms with Crippen LogP contribution in [-0.4, -0.2) is 16.6 Å². The fourth-order valence-corrected chi connectivity index (χ4v) is 2.15. The highest BCUT2D eigenvalue weighted by atomic mass is 16.7. The van der Waals surface area contributed by atoms with Gasteiger partial charge in [0.2, 0.25) is 0 Å². The number of aromatic amines is 1. The Morgan fingerprint density at radius 1 is 1.33 bits per heavy atom. The molecule has 0 amide bonds. The molecule has 18 heavy (non-hydrogen) atoms. The largest absolute Gasteiger partial charge is 0.313 e. The smallest absolute Gasteiger partial charge is 0.252 e. The number of benzene rings is 1. The van der Waals surface area contributed by atoms with Crippen LogP contribution >= 0.6 is 0 Å². The quantitative estimate of drug-likeness (QED) is 0.871. The number of H-pyrrole nitrogens is 1. The maximum absolute atomic E-state index is 11.3. The molecule has 1 N–H and O–H groups in total. The molecular weight excluding hydrogens is 230 g/mol. The van der Waals surface area contributed by atoms with E-state index in [1.54, 1.807) is 5.06 Å². The van der Waals surface area contributed by atoms with Crippen molar-refractivity contribution in [3.05, 3.63) is 58.6 Å². The van der Waals surface area contributed by atoms with Gasteiger partial charge in [-0.2, -0.15) is 0 Å². The standard InChI is InChI=1S/C13H13N3O2/c17-13-8-12(14-9-15-13)16-11(6-7-18-16)10-4-2-1-3-5-10/h1-5,8-9,11H,6-7H2,(H,14,15,17)/t11-/m1/s1. The molecular formula is C13H13N3O2. The van der Waals surface area contributed by atoms with Crippen LogP contribution in [0.5, 0.6) is 0 Å². The number of hydroxylamine groups is 1. The van der Waals surface area contributed by atoms with Gasteiger partial charge in [-0.3, -0.25) is 9.63 Å². The van der Waals surface area contributed by atoms with E-state index < -0.39 is 0 Å². The molecule has 0 saturated carbocycles. The lowest BCUT2D eigenvalue weighted by Gasteiger charge is -2.23. The van der Waals surface area contributed by atoms with Crippen LogP contribution < -0.4 is 10.6 Å². The number of aromatic nitrogens is 2. The van der Waals surface area contributed by atoms with Gasteiger partial charge < -0.3 is 4.98 Å². The second-order valence-corrected chi connectivity index (χ2v) is 4.14. The zero-order chi connectivity index (χ0) is 12.4. The van der Waals surface area contributed by atoms with Crippen molar-refractivity contribution in [2.24, 2.45) is 0 Å². The van der Waals surface area contributed by atoms with Crippen LogP contribution in [0.25, 0.3) is 0 Å². The third-order valence-electron chi connectivity index (χ3n) is 2.98. The van der Waals surface area contributed by atoms with Crippen molar-refractivity contribution < 1.29 is 4.84 Å². The van der Waals surface area contributed by atoms with E-state index in [9.17, 15) is 4.79 Å². The van der Waals surface area contributed by atoms with E-state index in [1.165, 1.54) is 12.4 Å². The molecule has 1 aromatic heterocycles. The molecule has 0 aliphatic carbocycles. The van der Waals surface area contributed by atoms with Gasteiger partial charge in [0.05, 0.1) is 19.0 Å². The number of nitrogens with zero attached hydrogens (tertiary/aromatic N) is 2. The van der Waals surface area contributed by atoms with E-state index in [0.29, 0.717) is 12.4 Å². The van der Waals surface area contributed by atoms with E-state index in [4.69, 9.17) is 4.84 Å². The first-order valence-electron chi connectivity index (χ1n) is 5.86. The molecule has 1 fully saturated rings. The van der Waals surface area contributed by atoms with Gasteiger partial charge in [0, 0.05) is 12.5 Å². The van der Waals surface area contributed by atoms with Crippen molar-refractivity contribution in [1.29, 1.82) is 0 Å². The fourth-order valence-electron chi connectivity index (χ4n) is 2.15. The SMILES string of the molecule is O=c1cc(N2OCC[C@@H]2c2ccccc2)nc[nH]1.